The molecular weight excluding hydrogens is 330 g/mol. The summed E-state index contributed by atoms with van der Waals surface area (Å²) in [5.74, 6) is 0.895. The standard InChI is InChI=1S/C16H17N3O4S/c1-10-8-12(18-23-10)15(20)17-16-19(6-7-21-2)13-5-4-11(22-3)9-14(13)24-16/h4-5,8-9H,6-7H2,1-3H3. The lowest BCUT2D eigenvalue weighted by atomic mass is 10.3. The number of hydrogen-bond donors (Lipinski definition) is 0. The zero-order chi connectivity index (χ0) is 17.1. The van der Waals surface area contributed by atoms with Crippen LogP contribution in [-0.2, 0) is 11.3 Å². The second-order valence-corrected chi connectivity index (χ2v) is 6.11. The van der Waals surface area contributed by atoms with E-state index in [-0.39, 0.29) is 5.69 Å². The number of hydrogen-bond acceptors (Lipinski definition) is 6. The summed E-state index contributed by atoms with van der Waals surface area (Å²) in [6, 6.07) is 7.32. The van der Waals surface area contributed by atoms with Gasteiger partial charge in [0.1, 0.15) is 11.5 Å². The van der Waals surface area contributed by atoms with Crippen LogP contribution in [0.3, 0.4) is 0 Å². The van der Waals surface area contributed by atoms with E-state index in [9.17, 15) is 4.79 Å². The highest BCUT2D eigenvalue weighted by atomic mass is 32.1. The molecule has 0 fully saturated rings. The molecule has 24 heavy (non-hydrogen) atoms. The highest BCUT2D eigenvalue weighted by Crippen LogP contribution is 2.23. The number of benzene rings is 1. The van der Waals surface area contributed by atoms with Crippen LogP contribution in [0.2, 0.25) is 0 Å². The third kappa shape index (κ3) is 3.24. The predicted octanol–water partition coefficient (Wildman–Crippen LogP) is 2.40. The average Bonchev–Trinajstić information content (AvgIpc) is 3.15. The minimum absolute atomic E-state index is 0.195. The van der Waals surface area contributed by atoms with Crippen LogP contribution in [0.5, 0.6) is 5.75 Å². The van der Waals surface area contributed by atoms with Gasteiger partial charge >= 0.3 is 5.91 Å². The van der Waals surface area contributed by atoms with Crippen molar-refractivity contribution < 1.29 is 18.8 Å². The summed E-state index contributed by atoms with van der Waals surface area (Å²) in [5.41, 5.74) is 1.17. The third-order valence-corrected chi connectivity index (χ3v) is 4.49. The molecule has 0 unspecified atom stereocenters. The lowest BCUT2D eigenvalue weighted by molar-refractivity contribution is 0.0988. The predicted molar refractivity (Wildman–Crippen MR) is 89.4 cm³/mol. The van der Waals surface area contributed by atoms with E-state index in [4.69, 9.17) is 14.0 Å². The van der Waals surface area contributed by atoms with Gasteiger partial charge in [0, 0.05) is 19.7 Å². The molecule has 1 aromatic carbocycles. The van der Waals surface area contributed by atoms with Gasteiger partial charge in [-0.2, -0.15) is 4.99 Å². The Balaban J connectivity index is 2.10. The van der Waals surface area contributed by atoms with Gasteiger partial charge in [-0.05, 0) is 25.1 Å². The molecule has 0 aliphatic carbocycles. The highest BCUT2D eigenvalue weighted by molar-refractivity contribution is 7.16. The van der Waals surface area contributed by atoms with Gasteiger partial charge in [0.05, 0.1) is 23.9 Å². The number of methoxy groups -OCH3 is 2. The molecule has 126 valence electrons. The van der Waals surface area contributed by atoms with Gasteiger partial charge in [0.2, 0.25) is 0 Å². The largest absolute Gasteiger partial charge is 0.497 e. The van der Waals surface area contributed by atoms with E-state index in [0.717, 1.165) is 16.0 Å². The summed E-state index contributed by atoms with van der Waals surface area (Å²) in [4.78, 5) is 17.1. The monoisotopic (exact) mass is 347 g/mol. The number of ether oxygens (including phenoxy) is 2. The van der Waals surface area contributed by atoms with Crippen LogP contribution in [0.1, 0.15) is 16.2 Å². The van der Waals surface area contributed by atoms with Crippen LogP contribution < -0.4 is 9.54 Å². The zero-order valence-electron chi connectivity index (χ0n) is 13.6. The number of thiazole rings is 1. The molecule has 0 atom stereocenters. The van der Waals surface area contributed by atoms with Gasteiger partial charge < -0.3 is 18.6 Å². The Morgan fingerprint density at radius 3 is 2.88 bits per heavy atom. The second-order valence-electron chi connectivity index (χ2n) is 5.10. The molecule has 0 N–H and O–H groups in total. The van der Waals surface area contributed by atoms with Gasteiger partial charge in [-0.1, -0.05) is 16.5 Å². The van der Waals surface area contributed by atoms with Gasteiger partial charge in [0.15, 0.2) is 10.5 Å². The molecule has 0 aliphatic heterocycles. The average molecular weight is 347 g/mol. The molecule has 0 spiro atoms. The van der Waals surface area contributed by atoms with E-state index in [2.05, 4.69) is 10.1 Å². The van der Waals surface area contributed by atoms with Gasteiger partial charge in [-0.3, -0.25) is 4.79 Å². The van der Waals surface area contributed by atoms with Crippen LogP contribution in [-0.4, -0.2) is 36.5 Å². The van der Waals surface area contributed by atoms with Gasteiger partial charge in [-0.15, -0.1) is 0 Å². The van der Waals surface area contributed by atoms with Crippen molar-refractivity contribution in [2.24, 2.45) is 4.99 Å². The van der Waals surface area contributed by atoms with Crippen molar-refractivity contribution in [2.45, 2.75) is 13.5 Å². The van der Waals surface area contributed by atoms with E-state index < -0.39 is 5.91 Å². The normalized spacial score (nSPS) is 12.0. The summed E-state index contributed by atoms with van der Waals surface area (Å²) < 4.78 is 18.3. The van der Waals surface area contributed by atoms with Crippen molar-refractivity contribution in [3.8, 4) is 5.75 Å². The first-order chi connectivity index (χ1) is 11.6. The highest BCUT2D eigenvalue weighted by Gasteiger charge is 2.13. The Hall–Kier alpha value is -2.45. The van der Waals surface area contributed by atoms with Gasteiger partial charge in [0.25, 0.3) is 0 Å². The van der Waals surface area contributed by atoms with Crippen molar-refractivity contribution in [2.75, 3.05) is 20.8 Å². The summed E-state index contributed by atoms with van der Waals surface area (Å²) in [7, 11) is 3.26. The number of aryl methyl sites for hydroxylation is 1. The SMILES string of the molecule is COCCn1c(=NC(=O)c2cc(C)on2)sc2cc(OC)ccc21. The molecule has 0 saturated heterocycles. The smallest absolute Gasteiger partial charge is 0.301 e. The fourth-order valence-electron chi connectivity index (χ4n) is 2.28. The first-order valence-electron chi connectivity index (χ1n) is 7.31. The number of fused-ring (bicyclic) bond motifs is 1. The molecule has 7 nitrogen and oxygen atoms in total. The van der Waals surface area contributed by atoms with Crippen LogP contribution in [0.25, 0.3) is 10.2 Å². The number of rotatable bonds is 5. The molecular formula is C16H17N3O4S. The molecule has 8 heteroatoms. The molecule has 2 aromatic heterocycles. The summed E-state index contributed by atoms with van der Waals surface area (Å²) >= 11 is 1.42. The van der Waals surface area contributed by atoms with Crippen molar-refractivity contribution in [3.05, 3.63) is 40.5 Å². The van der Waals surface area contributed by atoms with E-state index in [0.29, 0.717) is 23.7 Å². The molecule has 0 aliphatic rings. The van der Waals surface area contributed by atoms with Crippen LogP contribution in [0, 0.1) is 6.92 Å². The summed E-state index contributed by atoms with van der Waals surface area (Å²) in [6.07, 6.45) is 0. The fraction of sp³-hybridized carbons (Fsp3) is 0.312. The summed E-state index contributed by atoms with van der Waals surface area (Å²) in [5, 5.41) is 3.72. The Bertz CT molecular complexity index is 938. The Labute approximate surface area is 142 Å². The van der Waals surface area contributed by atoms with Crippen molar-refractivity contribution in [3.63, 3.8) is 0 Å². The van der Waals surface area contributed by atoms with E-state index in [1.807, 2.05) is 22.8 Å². The maximum Gasteiger partial charge on any atom is 0.301 e. The van der Waals surface area contributed by atoms with Gasteiger partial charge in [-0.25, -0.2) is 0 Å². The number of nitrogens with zero attached hydrogens (tertiary/aromatic N) is 3. The van der Waals surface area contributed by atoms with Crippen LogP contribution in [0.15, 0.2) is 33.8 Å². The first kappa shape index (κ1) is 16.4. The maximum absolute atomic E-state index is 12.3. The van der Waals surface area contributed by atoms with Crippen molar-refractivity contribution in [1.82, 2.24) is 9.72 Å². The molecule has 0 bridgehead atoms. The van der Waals surface area contributed by atoms with E-state index >= 15 is 0 Å². The number of aromatic nitrogens is 2. The Kier molecular flexibility index (Phi) is 4.77. The first-order valence-corrected chi connectivity index (χ1v) is 8.12. The second kappa shape index (κ2) is 6.98. The van der Waals surface area contributed by atoms with E-state index in [1.165, 1.54) is 11.3 Å². The molecule has 3 aromatic rings. The summed E-state index contributed by atoms with van der Waals surface area (Å²) in [6.45, 7) is 2.84. The molecule has 1 amide bonds. The number of amides is 1. The minimum Gasteiger partial charge on any atom is -0.497 e. The quantitative estimate of drug-likeness (QED) is 0.708. The molecule has 0 saturated carbocycles. The van der Waals surface area contributed by atoms with Crippen LogP contribution in [0.4, 0.5) is 0 Å². The fourth-order valence-corrected chi connectivity index (χ4v) is 3.36. The third-order valence-electron chi connectivity index (χ3n) is 3.45. The Morgan fingerprint density at radius 1 is 1.38 bits per heavy atom. The van der Waals surface area contributed by atoms with Crippen molar-refractivity contribution in [1.29, 1.82) is 0 Å². The van der Waals surface area contributed by atoms with E-state index in [1.54, 1.807) is 27.2 Å². The number of carbonyl (C=O) groups is 1. The molecule has 2 heterocycles. The minimum atomic E-state index is -0.434. The van der Waals surface area contributed by atoms with Crippen molar-refractivity contribution >= 4 is 27.5 Å². The van der Waals surface area contributed by atoms with Crippen LogP contribution >= 0.6 is 11.3 Å². The molecule has 3 rings (SSSR count). The maximum atomic E-state index is 12.3. The Morgan fingerprint density at radius 2 is 2.21 bits per heavy atom. The zero-order valence-corrected chi connectivity index (χ0v) is 14.4. The number of carbonyl (C=O) groups excluding carboxylic acids is 1. The topological polar surface area (TPSA) is 78.9 Å². The lowest BCUT2D eigenvalue weighted by Gasteiger charge is -2.04. The lowest BCUT2D eigenvalue weighted by Crippen LogP contribution is -2.19. The molecule has 0 radical (unpaired) electrons.